The number of rotatable bonds is 22. The van der Waals surface area contributed by atoms with Gasteiger partial charge in [0.1, 0.15) is 11.5 Å². The van der Waals surface area contributed by atoms with Gasteiger partial charge in [0.2, 0.25) is 0 Å². The molecule has 3 fully saturated rings. The summed E-state index contributed by atoms with van der Waals surface area (Å²) in [5.41, 5.74) is 2.96. The van der Waals surface area contributed by atoms with E-state index in [0.717, 1.165) is 50.8 Å². The molecule has 2 unspecified atom stereocenters. The van der Waals surface area contributed by atoms with Gasteiger partial charge < -0.3 is 18.9 Å². The summed E-state index contributed by atoms with van der Waals surface area (Å²) in [7, 11) is 0. The molecule has 2 atom stereocenters. The first-order valence-corrected chi connectivity index (χ1v) is 17.5. The molecule has 1 aliphatic carbocycles. The lowest BCUT2D eigenvalue weighted by atomic mass is 9.76. The predicted molar refractivity (Wildman–Crippen MR) is 172 cm³/mol. The van der Waals surface area contributed by atoms with Gasteiger partial charge in [0.15, 0.2) is 0 Å². The van der Waals surface area contributed by atoms with Gasteiger partial charge in [-0.3, -0.25) is 0 Å². The molecule has 1 saturated carbocycles. The Balaban J connectivity index is 0.888. The molecule has 3 aliphatic rings. The molecule has 2 aromatic rings. The van der Waals surface area contributed by atoms with Gasteiger partial charge >= 0.3 is 0 Å². The fourth-order valence-corrected chi connectivity index (χ4v) is 6.64. The van der Waals surface area contributed by atoms with E-state index >= 15 is 0 Å². The highest BCUT2D eigenvalue weighted by atomic mass is 16.6. The summed E-state index contributed by atoms with van der Waals surface area (Å²) in [5.74, 6) is 3.40. The van der Waals surface area contributed by atoms with E-state index in [4.69, 9.17) is 18.9 Å². The van der Waals surface area contributed by atoms with Gasteiger partial charge in [-0.05, 0) is 98.6 Å². The van der Waals surface area contributed by atoms with E-state index in [0.29, 0.717) is 24.0 Å². The van der Waals surface area contributed by atoms with Crippen molar-refractivity contribution in [2.24, 2.45) is 0 Å². The zero-order valence-corrected chi connectivity index (χ0v) is 26.1. The van der Waals surface area contributed by atoms with Crippen molar-refractivity contribution >= 4 is 0 Å². The summed E-state index contributed by atoms with van der Waals surface area (Å²) in [6.07, 6.45) is 24.4. The van der Waals surface area contributed by atoms with E-state index in [2.05, 4.69) is 48.5 Å². The fourth-order valence-electron chi connectivity index (χ4n) is 6.64. The van der Waals surface area contributed by atoms with Crippen LogP contribution >= 0.6 is 0 Å². The van der Waals surface area contributed by atoms with E-state index in [1.807, 2.05) is 0 Å². The number of hydrogen-bond acceptors (Lipinski definition) is 4. The lowest BCUT2D eigenvalue weighted by Crippen LogP contribution is -2.12. The maximum absolute atomic E-state index is 6.03. The summed E-state index contributed by atoms with van der Waals surface area (Å²) in [4.78, 5) is 0. The summed E-state index contributed by atoms with van der Waals surface area (Å²) in [5, 5.41) is 0. The number of benzene rings is 2. The normalized spacial score (nSPS) is 23.0. The SMILES string of the molecule is c1cc(C2CCC(c3ccc(OCCCCCCCCC4CO4)cc3)CC2)ccc1OCCCCCCCCC1CO1. The van der Waals surface area contributed by atoms with Crippen LogP contribution in [0.2, 0.25) is 0 Å². The smallest absolute Gasteiger partial charge is 0.119 e. The van der Waals surface area contributed by atoms with Gasteiger partial charge in [0.25, 0.3) is 0 Å². The quantitative estimate of drug-likeness (QED) is 0.103. The molecule has 2 saturated heterocycles. The van der Waals surface area contributed by atoms with Crippen molar-refractivity contribution in [3.8, 4) is 11.5 Å². The van der Waals surface area contributed by atoms with E-state index in [1.165, 1.54) is 114 Å². The van der Waals surface area contributed by atoms with Gasteiger partial charge in [-0.25, -0.2) is 0 Å². The fraction of sp³-hybridized carbons (Fsp3) is 0.684. The second kappa shape index (κ2) is 17.9. The second-order valence-corrected chi connectivity index (χ2v) is 13.1. The first-order valence-electron chi connectivity index (χ1n) is 17.5. The molecule has 42 heavy (non-hydrogen) atoms. The van der Waals surface area contributed by atoms with Crippen molar-refractivity contribution in [2.75, 3.05) is 26.4 Å². The van der Waals surface area contributed by atoms with Gasteiger partial charge in [-0.2, -0.15) is 0 Å². The van der Waals surface area contributed by atoms with Crippen molar-refractivity contribution in [1.29, 1.82) is 0 Å². The molecule has 232 valence electrons. The molecule has 2 heterocycles. The predicted octanol–water partition coefficient (Wildman–Crippen LogP) is 10.1. The Morgan fingerprint density at radius 3 is 1.14 bits per heavy atom. The van der Waals surface area contributed by atoms with Crippen LogP contribution in [-0.4, -0.2) is 38.6 Å². The average Bonchev–Trinajstić information content (AvgIpc) is 3.97. The Labute approximate surface area is 255 Å². The standard InChI is InChI=1S/C38H56O4/c1(5-9-13-37-29-41-37)3-7-11-27-39-35-23-19-33(20-24-35)31-15-17-32(18-16-31)34-21-25-36(26-22-34)40-28-12-8-4-2-6-10-14-38-30-42-38/h19-26,31-32,37-38H,1-18,27-30H2. The number of hydrogen-bond donors (Lipinski definition) is 0. The number of epoxide rings is 2. The van der Waals surface area contributed by atoms with Crippen molar-refractivity contribution < 1.29 is 18.9 Å². The van der Waals surface area contributed by atoms with Crippen LogP contribution in [0.1, 0.15) is 139 Å². The average molecular weight is 577 g/mol. The molecule has 0 bridgehead atoms. The molecule has 2 aromatic carbocycles. The van der Waals surface area contributed by atoms with Crippen LogP contribution in [0.25, 0.3) is 0 Å². The summed E-state index contributed by atoms with van der Waals surface area (Å²) in [6, 6.07) is 18.0. The van der Waals surface area contributed by atoms with E-state index < -0.39 is 0 Å². The summed E-state index contributed by atoms with van der Waals surface area (Å²) < 4.78 is 22.6. The van der Waals surface area contributed by atoms with Crippen LogP contribution in [0.5, 0.6) is 11.5 Å². The van der Waals surface area contributed by atoms with Gasteiger partial charge in [0.05, 0.1) is 38.6 Å². The lowest BCUT2D eigenvalue weighted by Gasteiger charge is -2.29. The van der Waals surface area contributed by atoms with Gasteiger partial charge in [-0.1, -0.05) is 88.5 Å². The highest BCUT2D eigenvalue weighted by molar-refractivity contribution is 5.32. The van der Waals surface area contributed by atoms with Crippen LogP contribution in [-0.2, 0) is 9.47 Å². The molecule has 0 spiro atoms. The molecule has 0 N–H and O–H groups in total. The third-order valence-corrected chi connectivity index (χ3v) is 9.61. The second-order valence-electron chi connectivity index (χ2n) is 13.1. The Morgan fingerprint density at radius 2 is 0.786 bits per heavy atom. The Hall–Kier alpha value is -2.04. The van der Waals surface area contributed by atoms with Crippen molar-refractivity contribution in [2.45, 2.75) is 140 Å². The highest BCUT2D eigenvalue weighted by Gasteiger charge is 2.24. The van der Waals surface area contributed by atoms with Crippen LogP contribution in [0, 0.1) is 0 Å². The molecule has 2 aliphatic heterocycles. The molecular weight excluding hydrogens is 520 g/mol. The molecule has 4 nitrogen and oxygen atoms in total. The van der Waals surface area contributed by atoms with Crippen LogP contribution in [0.4, 0.5) is 0 Å². The minimum atomic E-state index is 0.598. The number of unbranched alkanes of at least 4 members (excludes halogenated alkanes) is 10. The molecule has 0 amide bonds. The summed E-state index contributed by atoms with van der Waals surface area (Å²) >= 11 is 0. The molecule has 0 radical (unpaired) electrons. The minimum absolute atomic E-state index is 0.598. The zero-order valence-electron chi connectivity index (χ0n) is 26.1. The first kappa shape index (κ1) is 31.4. The minimum Gasteiger partial charge on any atom is -0.494 e. The van der Waals surface area contributed by atoms with Crippen molar-refractivity contribution in [3.63, 3.8) is 0 Å². The topological polar surface area (TPSA) is 43.5 Å². The van der Waals surface area contributed by atoms with Crippen LogP contribution in [0.15, 0.2) is 48.5 Å². The molecular formula is C38H56O4. The van der Waals surface area contributed by atoms with Crippen molar-refractivity contribution in [3.05, 3.63) is 59.7 Å². The maximum Gasteiger partial charge on any atom is 0.119 e. The lowest BCUT2D eigenvalue weighted by molar-refractivity contribution is 0.303. The van der Waals surface area contributed by atoms with Crippen LogP contribution in [0.3, 0.4) is 0 Å². The molecule has 5 rings (SSSR count). The van der Waals surface area contributed by atoms with Gasteiger partial charge in [0, 0.05) is 0 Å². The van der Waals surface area contributed by atoms with E-state index in [1.54, 1.807) is 0 Å². The maximum atomic E-state index is 6.03. The van der Waals surface area contributed by atoms with Gasteiger partial charge in [-0.15, -0.1) is 0 Å². The first-order chi connectivity index (χ1) is 20.8. The third kappa shape index (κ3) is 11.9. The summed E-state index contributed by atoms with van der Waals surface area (Å²) in [6.45, 7) is 3.68. The highest BCUT2D eigenvalue weighted by Crippen LogP contribution is 2.41. The Bertz CT molecular complexity index is 890. The van der Waals surface area contributed by atoms with Crippen LogP contribution < -0.4 is 9.47 Å². The number of ether oxygens (including phenoxy) is 4. The zero-order chi connectivity index (χ0) is 28.7. The Kier molecular flexibility index (Phi) is 13.4. The molecule has 0 aromatic heterocycles. The van der Waals surface area contributed by atoms with E-state index in [-0.39, 0.29) is 0 Å². The molecule has 4 heteroatoms. The van der Waals surface area contributed by atoms with Crippen molar-refractivity contribution in [1.82, 2.24) is 0 Å². The van der Waals surface area contributed by atoms with E-state index in [9.17, 15) is 0 Å². The largest absolute Gasteiger partial charge is 0.494 e. The third-order valence-electron chi connectivity index (χ3n) is 9.61. The monoisotopic (exact) mass is 576 g/mol. The Morgan fingerprint density at radius 1 is 0.452 bits per heavy atom.